The summed E-state index contributed by atoms with van der Waals surface area (Å²) in [4.78, 5) is 58.0. The van der Waals surface area contributed by atoms with Gasteiger partial charge in [0.05, 0.1) is 18.3 Å². The predicted octanol–water partition coefficient (Wildman–Crippen LogP) is 6.33. The number of rotatable bonds is 12. The summed E-state index contributed by atoms with van der Waals surface area (Å²) in [5, 5.41) is 40.8. The van der Waals surface area contributed by atoms with Crippen molar-refractivity contribution in [3.05, 3.63) is 70.6 Å². The Morgan fingerprint density at radius 1 is 0.952 bits per heavy atom. The number of aromatic amines is 1. The minimum Gasteiger partial charge on any atom is -0.461 e. The molecule has 4 aliphatic carbocycles. The number of carbonyl (C=O) groups is 4. The Bertz CT molecular complexity index is 2160. The molecule has 14 heteroatoms. The van der Waals surface area contributed by atoms with E-state index in [1.54, 1.807) is 41.3 Å². The van der Waals surface area contributed by atoms with Crippen molar-refractivity contribution < 1.29 is 43.6 Å². The van der Waals surface area contributed by atoms with Crippen LogP contribution in [0.2, 0.25) is 5.02 Å². The lowest BCUT2D eigenvalue weighted by Crippen LogP contribution is -2.62. The van der Waals surface area contributed by atoms with Crippen LogP contribution < -0.4 is 10.6 Å². The fourth-order valence-electron chi connectivity index (χ4n) is 13.1. The molecule has 0 radical (unpaired) electrons. The third-order valence-corrected chi connectivity index (χ3v) is 16.8. The molecule has 4 saturated carbocycles. The van der Waals surface area contributed by atoms with E-state index in [1.165, 1.54) is 12.1 Å². The second-order valence-electron chi connectivity index (χ2n) is 20.1. The molecule has 6 N–H and O–H groups in total. The number of H-pyrrole nitrogens is 1. The van der Waals surface area contributed by atoms with Gasteiger partial charge >= 0.3 is 5.97 Å². The van der Waals surface area contributed by atoms with Gasteiger partial charge in [-0.15, -0.1) is 0 Å². The smallest absolute Gasteiger partial charge is 0.325 e. The Morgan fingerprint density at radius 3 is 2.44 bits per heavy atom. The molecule has 0 bridgehead atoms. The molecule has 0 spiro atoms. The number of likely N-dealkylation sites (tertiary alicyclic amines) is 1. The monoisotopic (exact) mass is 890 g/mol. The number of hydrogen-bond acceptors (Lipinski definition) is 8. The topological polar surface area (TPSA) is 181 Å². The van der Waals surface area contributed by atoms with Crippen molar-refractivity contribution in [1.29, 1.82) is 0 Å². The van der Waals surface area contributed by atoms with E-state index in [9.17, 15) is 38.9 Å². The van der Waals surface area contributed by atoms with Crippen LogP contribution >= 0.6 is 11.6 Å². The Balaban J connectivity index is 0.794. The summed E-state index contributed by atoms with van der Waals surface area (Å²) >= 11 is 6.13. The van der Waals surface area contributed by atoms with Gasteiger partial charge in [0.15, 0.2) is 0 Å². The van der Waals surface area contributed by atoms with Crippen molar-refractivity contribution in [2.75, 3.05) is 19.6 Å². The predicted molar refractivity (Wildman–Crippen MR) is 236 cm³/mol. The van der Waals surface area contributed by atoms with Crippen LogP contribution in [0.3, 0.4) is 0 Å². The summed E-state index contributed by atoms with van der Waals surface area (Å²) in [7, 11) is 0. The van der Waals surface area contributed by atoms with Crippen LogP contribution in [-0.4, -0.2) is 99.0 Å². The number of fused-ring (bicyclic) bond motifs is 6. The van der Waals surface area contributed by atoms with Crippen LogP contribution in [0.15, 0.2) is 48.5 Å². The maximum atomic E-state index is 13.9. The van der Waals surface area contributed by atoms with E-state index in [0.717, 1.165) is 43.0 Å². The molecule has 3 aromatic rings. The third kappa shape index (κ3) is 9.27. The van der Waals surface area contributed by atoms with Crippen LogP contribution in [0.4, 0.5) is 4.39 Å². The van der Waals surface area contributed by atoms with Gasteiger partial charge in [-0.25, -0.2) is 4.39 Å². The number of carbonyl (C=O) groups excluding carboxylic acids is 4. The highest BCUT2D eigenvalue weighted by atomic mass is 35.5. The van der Waals surface area contributed by atoms with Gasteiger partial charge in [-0.3, -0.25) is 19.2 Å². The Morgan fingerprint density at radius 2 is 1.70 bits per heavy atom. The zero-order valence-corrected chi connectivity index (χ0v) is 37.4. The second-order valence-corrected chi connectivity index (χ2v) is 20.5. The lowest BCUT2D eigenvalue weighted by atomic mass is 9.43. The van der Waals surface area contributed by atoms with E-state index < -0.39 is 42.0 Å². The molecule has 342 valence electrons. The molecule has 12 atom stereocenters. The van der Waals surface area contributed by atoms with Crippen molar-refractivity contribution >= 4 is 46.2 Å². The Kier molecular flexibility index (Phi) is 13.3. The van der Waals surface area contributed by atoms with Crippen molar-refractivity contribution in [1.82, 2.24) is 20.5 Å². The van der Waals surface area contributed by atoms with E-state index in [4.69, 9.17) is 16.3 Å². The van der Waals surface area contributed by atoms with Crippen LogP contribution in [0.1, 0.15) is 107 Å². The van der Waals surface area contributed by atoms with Crippen LogP contribution in [-0.2, 0) is 25.5 Å². The zero-order valence-electron chi connectivity index (χ0n) is 36.7. The molecule has 2 heterocycles. The molecule has 12 nitrogen and oxygen atoms in total. The molecule has 63 heavy (non-hydrogen) atoms. The van der Waals surface area contributed by atoms with Crippen LogP contribution in [0, 0.1) is 52.2 Å². The molecule has 2 aromatic carbocycles. The summed E-state index contributed by atoms with van der Waals surface area (Å²) in [6.07, 6.45) is 5.79. The van der Waals surface area contributed by atoms with Gasteiger partial charge in [-0.2, -0.15) is 0 Å². The van der Waals surface area contributed by atoms with E-state index in [-0.39, 0.29) is 89.3 Å². The van der Waals surface area contributed by atoms with Gasteiger partial charge in [0.1, 0.15) is 30.2 Å². The SMILES string of the molecule is C[C@H](CCC(=O)NCC(=O)OC1CCN(C(=O)[C@H](Cc2ccc(F)cc2)NC(=O)c2cc3cc(Cl)ccc3[nH]2)CC1)[C@H]1CCC2C3C(C[C@H](O)[C@@]21C)[C@@]1(C)CC[C@@H](O)C[C@H]1C[C@H]3O. The highest BCUT2D eigenvalue weighted by molar-refractivity contribution is 6.31. The normalized spacial score (nSPS) is 32.8. The lowest BCUT2D eigenvalue weighted by molar-refractivity contribution is -0.207. The molecule has 3 amide bonds. The van der Waals surface area contributed by atoms with E-state index >= 15 is 0 Å². The number of aromatic nitrogens is 1. The summed E-state index contributed by atoms with van der Waals surface area (Å²) in [6.45, 7) is 7.03. The number of nitrogens with one attached hydrogen (secondary N) is 3. The summed E-state index contributed by atoms with van der Waals surface area (Å²) in [5.41, 5.74) is 1.32. The first kappa shape index (κ1) is 45.5. The molecule has 5 aliphatic rings. The lowest BCUT2D eigenvalue weighted by Gasteiger charge is -2.63. The number of halogens is 2. The zero-order chi connectivity index (χ0) is 44.8. The van der Waals surface area contributed by atoms with Gasteiger partial charge in [0.25, 0.3) is 5.91 Å². The number of aliphatic hydroxyl groups is 3. The number of amides is 3. The first-order chi connectivity index (χ1) is 30.0. The Labute approximate surface area is 374 Å². The molecule has 1 aliphatic heterocycles. The van der Waals surface area contributed by atoms with E-state index in [2.05, 4.69) is 36.4 Å². The fourth-order valence-corrected chi connectivity index (χ4v) is 13.3. The number of piperidine rings is 1. The first-order valence-corrected chi connectivity index (χ1v) is 23.5. The van der Waals surface area contributed by atoms with Crippen molar-refractivity contribution in [2.45, 2.75) is 128 Å². The van der Waals surface area contributed by atoms with Gasteiger partial charge in [-0.1, -0.05) is 44.5 Å². The molecular formula is C49H64ClFN4O8. The fraction of sp³-hybridized carbons (Fsp3) is 0.633. The van der Waals surface area contributed by atoms with Crippen LogP contribution in [0.25, 0.3) is 10.9 Å². The summed E-state index contributed by atoms with van der Waals surface area (Å²) in [5.74, 6) is -0.791. The molecule has 1 saturated heterocycles. The molecule has 5 fully saturated rings. The van der Waals surface area contributed by atoms with Crippen molar-refractivity contribution in [2.24, 2.45) is 46.3 Å². The van der Waals surface area contributed by atoms with Gasteiger partial charge in [0.2, 0.25) is 11.8 Å². The number of nitrogens with zero attached hydrogens (tertiary/aromatic N) is 1. The number of esters is 1. The van der Waals surface area contributed by atoms with Crippen molar-refractivity contribution in [3.63, 3.8) is 0 Å². The van der Waals surface area contributed by atoms with Crippen molar-refractivity contribution in [3.8, 4) is 0 Å². The molecular weight excluding hydrogens is 827 g/mol. The quantitative estimate of drug-likeness (QED) is 0.114. The summed E-state index contributed by atoms with van der Waals surface area (Å²) < 4.78 is 19.4. The largest absolute Gasteiger partial charge is 0.461 e. The highest BCUT2D eigenvalue weighted by Gasteiger charge is 2.65. The Hall–Kier alpha value is -4.04. The van der Waals surface area contributed by atoms with Gasteiger partial charge in [-0.05, 0) is 140 Å². The third-order valence-electron chi connectivity index (χ3n) is 16.6. The average molecular weight is 892 g/mol. The van der Waals surface area contributed by atoms with E-state index in [1.807, 2.05) is 0 Å². The minimum atomic E-state index is -0.942. The maximum absolute atomic E-state index is 13.9. The van der Waals surface area contributed by atoms with Crippen LogP contribution in [0.5, 0.6) is 0 Å². The minimum absolute atomic E-state index is 0.0123. The molecule has 3 unspecified atom stereocenters. The molecule has 8 rings (SSSR count). The highest BCUT2D eigenvalue weighted by Crippen LogP contribution is 2.68. The first-order valence-electron chi connectivity index (χ1n) is 23.2. The summed E-state index contributed by atoms with van der Waals surface area (Å²) in [6, 6.07) is 11.7. The van der Waals surface area contributed by atoms with E-state index in [0.29, 0.717) is 55.8 Å². The maximum Gasteiger partial charge on any atom is 0.325 e. The molecule has 1 aromatic heterocycles. The average Bonchev–Trinajstić information content (AvgIpc) is 3.85. The van der Waals surface area contributed by atoms with Gasteiger partial charge in [0, 0.05) is 54.7 Å². The standard InChI is InChI=1S/C49H64ClFN4O8/c1-27(35-10-11-36-45-37(25-42(58)49(35,36)3)48(2)17-14-33(56)23-30(48)24-41(45)57)4-13-43(59)52-26-44(60)63-34-15-18-55(19-16-34)47(62)40(20-28-5-8-32(51)9-6-28)54-46(61)39-22-29-21-31(50)7-12-38(29)53-39/h5-9,12,21-22,27,30,33-37,40-42,45,53,56-58H,4,10-11,13-20,23-26H2,1-3H3,(H,52,59)(H,54,61)/t27-,30+,33-,35-,36?,37?,40+,41-,42+,45?,48+,49-/m1/s1. The van der Waals surface area contributed by atoms with Gasteiger partial charge < -0.3 is 40.6 Å². The second kappa shape index (κ2) is 18.4. The number of benzene rings is 2. The number of hydrogen-bond donors (Lipinski definition) is 6. The number of aliphatic hydroxyl groups excluding tert-OH is 3. The number of ether oxygens (including phenoxy) is 1.